The minimum absolute atomic E-state index is 0.126. The lowest BCUT2D eigenvalue weighted by Gasteiger charge is -2.06. The number of aromatic amines is 2. The molecule has 0 saturated heterocycles. The summed E-state index contributed by atoms with van der Waals surface area (Å²) in [6.45, 7) is 14.6. The van der Waals surface area contributed by atoms with Crippen LogP contribution in [0.5, 0.6) is 0 Å². The van der Waals surface area contributed by atoms with E-state index in [1.165, 1.54) is 26.4 Å². The summed E-state index contributed by atoms with van der Waals surface area (Å²) in [5, 5.41) is 5.64. The Bertz CT molecular complexity index is 1550. The van der Waals surface area contributed by atoms with Crippen molar-refractivity contribution >= 4 is 35.9 Å². The minimum Gasteiger partial charge on any atom is -0.465 e. The molecule has 2 aromatic heterocycles. The van der Waals surface area contributed by atoms with Gasteiger partial charge in [0, 0.05) is 51.7 Å². The molecule has 41 heavy (non-hydrogen) atoms. The Morgan fingerprint density at radius 3 is 1.37 bits per heavy atom. The van der Waals surface area contributed by atoms with Crippen LogP contribution in [-0.4, -0.2) is 47.9 Å². The standard InChI is InChI=1S/C31H32N4O6/c1-9-18-14(3)20(34-28(18)36)11-22-16(5)26(30(38)40-7)24(32-22)13-25-27(31(39)41-8)17(6)23(33-25)12-21-15(4)19(10-2)29(37)35-21/h9-12,32-33H,1-2,13H2,3-8H3,(H,34,36)(H,35,37)/b20-11-,21-12+. The Morgan fingerprint density at radius 2 is 1.07 bits per heavy atom. The Labute approximate surface area is 237 Å². The summed E-state index contributed by atoms with van der Waals surface area (Å²) >= 11 is 0. The number of rotatable bonds is 8. The number of ether oxygens (including phenoxy) is 2. The summed E-state index contributed by atoms with van der Waals surface area (Å²) in [6.07, 6.45) is 6.63. The molecule has 0 spiro atoms. The first-order chi connectivity index (χ1) is 19.5. The Balaban J connectivity index is 1.83. The molecule has 0 aliphatic carbocycles. The van der Waals surface area contributed by atoms with E-state index in [2.05, 4.69) is 33.8 Å². The van der Waals surface area contributed by atoms with Crippen molar-refractivity contribution in [1.82, 2.24) is 20.6 Å². The number of carbonyl (C=O) groups is 4. The van der Waals surface area contributed by atoms with Crippen LogP contribution in [0.2, 0.25) is 0 Å². The highest BCUT2D eigenvalue weighted by atomic mass is 16.5. The van der Waals surface area contributed by atoms with Gasteiger partial charge >= 0.3 is 11.9 Å². The van der Waals surface area contributed by atoms with Gasteiger partial charge in [0.2, 0.25) is 0 Å². The second kappa shape index (κ2) is 11.2. The van der Waals surface area contributed by atoms with Crippen molar-refractivity contribution in [2.45, 2.75) is 34.1 Å². The molecule has 0 saturated carbocycles. The van der Waals surface area contributed by atoms with Crippen LogP contribution in [0.3, 0.4) is 0 Å². The van der Waals surface area contributed by atoms with Gasteiger partial charge in [-0.05, 0) is 62.1 Å². The number of carbonyl (C=O) groups excluding carboxylic acids is 4. The zero-order valence-electron chi connectivity index (χ0n) is 23.9. The topological polar surface area (TPSA) is 142 Å². The fraction of sp³-hybridized carbons (Fsp3) is 0.226. The van der Waals surface area contributed by atoms with E-state index in [0.717, 1.165) is 11.1 Å². The number of H-pyrrole nitrogens is 2. The van der Waals surface area contributed by atoms with E-state index < -0.39 is 11.9 Å². The predicted octanol–water partition coefficient (Wildman–Crippen LogP) is 4.07. The van der Waals surface area contributed by atoms with Gasteiger partial charge in [-0.3, -0.25) is 9.59 Å². The van der Waals surface area contributed by atoms with Crippen LogP contribution in [0, 0.1) is 13.8 Å². The molecule has 0 radical (unpaired) electrons. The first-order valence-electron chi connectivity index (χ1n) is 12.8. The van der Waals surface area contributed by atoms with Crippen LogP contribution in [-0.2, 0) is 25.5 Å². The van der Waals surface area contributed by atoms with Crippen molar-refractivity contribution < 1.29 is 28.7 Å². The third-order valence-corrected chi connectivity index (χ3v) is 7.45. The van der Waals surface area contributed by atoms with E-state index >= 15 is 0 Å². The minimum atomic E-state index is -0.551. The molecule has 0 atom stereocenters. The van der Waals surface area contributed by atoms with Crippen LogP contribution in [0.4, 0.5) is 0 Å². The van der Waals surface area contributed by atoms with Crippen LogP contribution >= 0.6 is 0 Å². The third-order valence-electron chi connectivity index (χ3n) is 7.45. The lowest BCUT2D eigenvalue weighted by Crippen LogP contribution is -2.15. The SMILES string of the molecule is C=CC1=C(C)/C(=C/c2[nH]c(Cc3[nH]c(/C=C4/NC(=O)C(C=C)=C4C)c(C)c3C(=O)OC)c(C(=O)OC)c2C)NC1=O. The molecule has 2 amide bonds. The molecule has 2 aliphatic heterocycles. The molecule has 0 fully saturated rings. The molecule has 2 aliphatic rings. The van der Waals surface area contributed by atoms with Gasteiger partial charge in [-0.25, -0.2) is 9.59 Å². The number of amides is 2. The predicted molar refractivity (Wildman–Crippen MR) is 155 cm³/mol. The molecule has 4 rings (SSSR count). The van der Waals surface area contributed by atoms with Gasteiger partial charge in [-0.2, -0.15) is 0 Å². The van der Waals surface area contributed by atoms with Crippen molar-refractivity contribution in [3.8, 4) is 0 Å². The van der Waals surface area contributed by atoms with Crippen molar-refractivity contribution in [3.05, 3.63) is 104 Å². The summed E-state index contributed by atoms with van der Waals surface area (Å²) in [7, 11) is 2.59. The van der Waals surface area contributed by atoms with Gasteiger partial charge in [-0.1, -0.05) is 25.3 Å². The molecular formula is C31H32N4O6. The van der Waals surface area contributed by atoms with Crippen LogP contribution in [0.1, 0.15) is 68.5 Å². The summed E-state index contributed by atoms with van der Waals surface area (Å²) < 4.78 is 10.1. The average molecular weight is 557 g/mol. The molecular weight excluding hydrogens is 524 g/mol. The quantitative estimate of drug-likeness (QED) is 0.361. The maximum atomic E-state index is 12.9. The van der Waals surface area contributed by atoms with Crippen molar-refractivity contribution in [1.29, 1.82) is 0 Å². The summed E-state index contributed by atoms with van der Waals surface area (Å²) in [5.74, 6) is -1.61. The molecule has 0 aromatic carbocycles. The van der Waals surface area contributed by atoms with Gasteiger partial charge in [-0.15, -0.1) is 0 Å². The smallest absolute Gasteiger partial charge is 0.339 e. The lowest BCUT2D eigenvalue weighted by atomic mass is 10.0. The monoisotopic (exact) mass is 556 g/mol. The maximum absolute atomic E-state index is 12.9. The number of allylic oxidation sites excluding steroid dienone is 2. The molecule has 2 aromatic rings. The normalized spacial score (nSPS) is 16.9. The Hall–Kier alpha value is -5.12. The number of aromatic nitrogens is 2. The number of esters is 2. The maximum Gasteiger partial charge on any atom is 0.339 e. The summed E-state index contributed by atoms with van der Waals surface area (Å²) in [4.78, 5) is 56.9. The number of methoxy groups -OCH3 is 2. The first kappa shape index (κ1) is 28.9. The molecule has 0 unspecified atom stereocenters. The molecule has 4 N–H and O–H groups in total. The zero-order valence-corrected chi connectivity index (χ0v) is 23.9. The van der Waals surface area contributed by atoms with E-state index in [4.69, 9.17) is 9.47 Å². The Morgan fingerprint density at radius 1 is 0.707 bits per heavy atom. The number of nitrogens with one attached hydrogen (secondary N) is 4. The second-order valence-corrected chi connectivity index (χ2v) is 9.70. The van der Waals surface area contributed by atoms with E-state index in [0.29, 0.717) is 67.6 Å². The summed E-state index contributed by atoms with van der Waals surface area (Å²) in [6, 6.07) is 0. The van der Waals surface area contributed by atoms with Crippen LogP contribution < -0.4 is 10.6 Å². The van der Waals surface area contributed by atoms with Crippen molar-refractivity contribution in [3.63, 3.8) is 0 Å². The van der Waals surface area contributed by atoms with Crippen LogP contribution in [0.15, 0.2) is 59.0 Å². The van der Waals surface area contributed by atoms with Gasteiger partial charge in [0.1, 0.15) is 0 Å². The molecule has 10 heteroatoms. The van der Waals surface area contributed by atoms with Gasteiger partial charge in [0.15, 0.2) is 0 Å². The van der Waals surface area contributed by atoms with E-state index in [9.17, 15) is 19.2 Å². The first-order valence-corrected chi connectivity index (χ1v) is 12.8. The van der Waals surface area contributed by atoms with Crippen LogP contribution in [0.25, 0.3) is 12.2 Å². The van der Waals surface area contributed by atoms with Crippen molar-refractivity contribution in [2.24, 2.45) is 0 Å². The zero-order chi connectivity index (χ0) is 30.2. The average Bonchev–Trinajstić information content (AvgIpc) is 3.60. The van der Waals surface area contributed by atoms with Crippen molar-refractivity contribution in [2.75, 3.05) is 14.2 Å². The number of hydrogen-bond donors (Lipinski definition) is 4. The third kappa shape index (κ3) is 5.00. The fourth-order valence-corrected chi connectivity index (χ4v) is 5.11. The van der Waals surface area contributed by atoms with Gasteiger partial charge in [0.25, 0.3) is 11.8 Å². The van der Waals surface area contributed by atoms with Gasteiger partial charge < -0.3 is 30.1 Å². The summed E-state index contributed by atoms with van der Waals surface area (Å²) in [5.41, 5.74) is 7.63. The largest absolute Gasteiger partial charge is 0.465 e. The molecule has 4 heterocycles. The number of hydrogen-bond acceptors (Lipinski definition) is 6. The van der Waals surface area contributed by atoms with E-state index in [-0.39, 0.29) is 18.2 Å². The lowest BCUT2D eigenvalue weighted by molar-refractivity contribution is -0.116. The molecule has 212 valence electrons. The highest BCUT2D eigenvalue weighted by molar-refractivity contribution is 6.04. The highest BCUT2D eigenvalue weighted by Gasteiger charge is 2.28. The highest BCUT2D eigenvalue weighted by Crippen LogP contribution is 2.31. The van der Waals surface area contributed by atoms with E-state index in [1.807, 2.05) is 13.8 Å². The van der Waals surface area contributed by atoms with Gasteiger partial charge in [0.05, 0.1) is 25.3 Å². The Kier molecular flexibility index (Phi) is 7.86. The van der Waals surface area contributed by atoms with E-state index in [1.54, 1.807) is 26.0 Å². The fourth-order valence-electron chi connectivity index (χ4n) is 5.11. The molecule has 0 bridgehead atoms. The second-order valence-electron chi connectivity index (χ2n) is 9.70. The molecule has 10 nitrogen and oxygen atoms in total.